The number of phenols is 1. The van der Waals surface area contributed by atoms with E-state index >= 15 is 0 Å². The Morgan fingerprint density at radius 3 is 2.59 bits per heavy atom. The molecule has 0 aliphatic carbocycles. The van der Waals surface area contributed by atoms with E-state index in [1.807, 2.05) is 18.2 Å². The predicted octanol–water partition coefficient (Wildman–Crippen LogP) is 2.69. The summed E-state index contributed by atoms with van der Waals surface area (Å²) < 4.78 is 5.39. The Kier molecular flexibility index (Phi) is 4.97. The average Bonchev–Trinajstić information content (AvgIpc) is 2.27. The molecular formula is C14H23NO2. The Morgan fingerprint density at radius 1 is 1.35 bits per heavy atom. The topological polar surface area (TPSA) is 41.5 Å². The van der Waals surface area contributed by atoms with Gasteiger partial charge in [-0.05, 0) is 33.3 Å². The third-order valence-corrected chi connectivity index (χ3v) is 2.98. The molecule has 3 nitrogen and oxygen atoms in total. The molecule has 0 aromatic heterocycles. The minimum Gasteiger partial charge on any atom is -0.508 e. The molecule has 96 valence electrons. The van der Waals surface area contributed by atoms with Gasteiger partial charge in [0.15, 0.2) is 0 Å². The summed E-state index contributed by atoms with van der Waals surface area (Å²) >= 11 is 0. The summed E-state index contributed by atoms with van der Waals surface area (Å²) in [4.78, 5) is 0. The van der Waals surface area contributed by atoms with Gasteiger partial charge in [-0.1, -0.05) is 18.2 Å². The van der Waals surface area contributed by atoms with Crippen LogP contribution in [0.25, 0.3) is 0 Å². The summed E-state index contributed by atoms with van der Waals surface area (Å²) in [5.74, 6) is 0.346. The first-order valence-electron chi connectivity index (χ1n) is 6.00. The van der Waals surface area contributed by atoms with Gasteiger partial charge in [0.05, 0.1) is 5.60 Å². The van der Waals surface area contributed by atoms with Crippen LogP contribution >= 0.6 is 0 Å². The number of hydrogen-bond donors (Lipinski definition) is 2. The maximum atomic E-state index is 9.64. The molecule has 0 heterocycles. The number of benzene rings is 1. The number of aromatic hydroxyl groups is 1. The number of nitrogens with one attached hydrogen (secondary N) is 1. The predicted molar refractivity (Wildman–Crippen MR) is 70.1 cm³/mol. The molecule has 1 aromatic rings. The number of methoxy groups -OCH3 is 1. The summed E-state index contributed by atoms with van der Waals surface area (Å²) in [7, 11) is 1.73. The third-order valence-electron chi connectivity index (χ3n) is 2.98. The van der Waals surface area contributed by atoms with E-state index in [2.05, 4.69) is 26.1 Å². The minimum absolute atomic E-state index is 0.120. The second kappa shape index (κ2) is 6.03. The summed E-state index contributed by atoms with van der Waals surface area (Å²) in [5, 5.41) is 13.0. The number of para-hydroxylation sites is 1. The Bertz CT molecular complexity index is 350. The quantitative estimate of drug-likeness (QED) is 0.799. The van der Waals surface area contributed by atoms with E-state index in [-0.39, 0.29) is 5.60 Å². The number of rotatable bonds is 6. The number of phenolic OH excluding ortho intramolecular Hbond substituents is 1. The monoisotopic (exact) mass is 237 g/mol. The van der Waals surface area contributed by atoms with Gasteiger partial charge in [-0.3, -0.25) is 0 Å². The van der Waals surface area contributed by atoms with Crippen LogP contribution < -0.4 is 5.32 Å². The first-order valence-corrected chi connectivity index (χ1v) is 6.00. The standard InChI is InChI=1S/C14H23NO2/c1-11(9-14(2,3)17-4)15-10-12-7-5-6-8-13(12)16/h5-8,11,15-16H,9-10H2,1-4H3. The third kappa shape index (κ3) is 4.75. The lowest BCUT2D eigenvalue weighted by Gasteiger charge is -2.27. The van der Waals surface area contributed by atoms with Crippen LogP contribution in [-0.2, 0) is 11.3 Å². The van der Waals surface area contributed by atoms with Gasteiger partial charge in [-0.25, -0.2) is 0 Å². The van der Waals surface area contributed by atoms with Gasteiger partial charge in [0.25, 0.3) is 0 Å². The molecule has 0 spiro atoms. The lowest BCUT2D eigenvalue weighted by Crippen LogP contribution is -2.35. The van der Waals surface area contributed by atoms with Crippen LogP contribution in [-0.4, -0.2) is 23.9 Å². The van der Waals surface area contributed by atoms with Gasteiger partial charge in [0.1, 0.15) is 5.75 Å². The second-order valence-corrected chi connectivity index (χ2v) is 5.08. The molecule has 1 rings (SSSR count). The molecule has 1 unspecified atom stereocenters. The maximum absolute atomic E-state index is 9.64. The molecule has 0 fully saturated rings. The molecule has 0 radical (unpaired) electrons. The molecule has 0 saturated carbocycles. The number of hydrogen-bond acceptors (Lipinski definition) is 3. The molecule has 0 amide bonds. The van der Waals surface area contributed by atoms with Crippen molar-refractivity contribution in [3.63, 3.8) is 0 Å². The molecule has 0 saturated heterocycles. The molecule has 1 aromatic carbocycles. The molecule has 0 aliphatic heterocycles. The molecule has 0 aliphatic rings. The van der Waals surface area contributed by atoms with Crippen LogP contribution in [0.4, 0.5) is 0 Å². The van der Waals surface area contributed by atoms with Crippen molar-refractivity contribution in [1.29, 1.82) is 0 Å². The van der Waals surface area contributed by atoms with Crippen LogP contribution in [0.5, 0.6) is 5.75 Å². The van der Waals surface area contributed by atoms with E-state index < -0.39 is 0 Å². The lowest BCUT2D eigenvalue weighted by atomic mass is 9.99. The van der Waals surface area contributed by atoms with Gasteiger partial charge in [-0.15, -0.1) is 0 Å². The molecule has 0 bridgehead atoms. The highest BCUT2D eigenvalue weighted by molar-refractivity contribution is 5.31. The smallest absolute Gasteiger partial charge is 0.120 e. The fraction of sp³-hybridized carbons (Fsp3) is 0.571. The molecule has 2 N–H and O–H groups in total. The van der Waals surface area contributed by atoms with Gasteiger partial charge >= 0.3 is 0 Å². The van der Waals surface area contributed by atoms with Crippen molar-refractivity contribution in [2.24, 2.45) is 0 Å². The summed E-state index contributed by atoms with van der Waals surface area (Å²) in [5.41, 5.74) is 0.806. The minimum atomic E-state index is -0.120. The molecule has 17 heavy (non-hydrogen) atoms. The van der Waals surface area contributed by atoms with Crippen LogP contribution in [0.1, 0.15) is 32.8 Å². The van der Waals surface area contributed by atoms with E-state index in [0.717, 1.165) is 12.0 Å². The zero-order chi connectivity index (χ0) is 12.9. The van der Waals surface area contributed by atoms with Crippen molar-refractivity contribution in [2.45, 2.75) is 45.4 Å². The molecule has 3 heteroatoms. The SMILES string of the molecule is COC(C)(C)CC(C)NCc1ccccc1O. The van der Waals surface area contributed by atoms with Crippen molar-refractivity contribution in [3.05, 3.63) is 29.8 Å². The Morgan fingerprint density at radius 2 is 2.00 bits per heavy atom. The number of ether oxygens (including phenoxy) is 1. The summed E-state index contributed by atoms with van der Waals surface area (Å²) in [6, 6.07) is 7.73. The van der Waals surface area contributed by atoms with Crippen LogP contribution in [0.2, 0.25) is 0 Å². The van der Waals surface area contributed by atoms with Crippen molar-refractivity contribution >= 4 is 0 Å². The highest BCUT2D eigenvalue weighted by Gasteiger charge is 2.19. The summed E-state index contributed by atoms with van der Waals surface area (Å²) in [6.45, 7) is 6.95. The van der Waals surface area contributed by atoms with Gasteiger partial charge < -0.3 is 15.2 Å². The van der Waals surface area contributed by atoms with Gasteiger partial charge in [0.2, 0.25) is 0 Å². The normalized spacial score (nSPS) is 13.6. The average molecular weight is 237 g/mol. The zero-order valence-electron chi connectivity index (χ0n) is 11.2. The van der Waals surface area contributed by atoms with Crippen LogP contribution in [0.3, 0.4) is 0 Å². The lowest BCUT2D eigenvalue weighted by molar-refractivity contribution is 0.00844. The Labute approximate surface area is 104 Å². The first kappa shape index (κ1) is 14.0. The van der Waals surface area contributed by atoms with Crippen LogP contribution in [0.15, 0.2) is 24.3 Å². The second-order valence-electron chi connectivity index (χ2n) is 5.08. The fourth-order valence-electron chi connectivity index (χ4n) is 1.84. The van der Waals surface area contributed by atoms with Crippen molar-refractivity contribution in [1.82, 2.24) is 5.32 Å². The van der Waals surface area contributed by atoms with Crippen LogP contribution in [0, 0.1) is 0 Å². The van der Waals surface area contributed by atoms with E-state index in [9.17, 15) is 5.11 Å². The molecule has 1 atom stereocenters. The van der Waals surface area contributed by atoms with Gasteiger partial charge in [-0.2, -0.15) is 0 Å². The Balaban J connectivity index is 2.44. The largest absolute Gasteiger partial charge is 0.508 e. The van der Waals surface area contributed by atoms with Crippen molar-refractivity contribution in [3.8, 4) is 5.75 Å². The zero-order valence-corrected chi connectivity index (χ0v) is 11.2. The van der Waals surface area contributed by atoms with E-state index in [4.69, 9.17) is 4.74 Å². The highest BCUT2D eigenvalue weighted by atomic mass is 16.5. The fourth-order valence-corrected chi connectivity index (χ4v) is 1.84. The van der Waals surface area contributed by atoms with E-state index in [0.29, 0.717) is 18.3 Å². The highest BCUT2D eigenvalue weighted by Crippen LogP contribution is 2.18. The van der Waals surface area contributed by atoms with E-state index in [1.54, 1.807) is 13.2 Å². The van der Waals surface area contributed by atoms with E-state index in [1.165, 1.54) is 0 Å². The first-order chi connectivity index (χ1) is 7.94. The molecular weight excluding hydrogens is 214 g/mol. The van der Waals surface area contributed by atoms with Crippen molar-refractivity contribution < 1.29 is 9.84 Å². The Hall–Kier alpha value is -1.06. The van der Waals surface area contributed by atoms with Gasteiger partial charge in [0, 0.05) is 25.3 Å². The maximum Gasteiger partial charge on any atom is 0.120 e. The summed E-state index contributed by atoms with van der Waals surface area (Å²) in [6.07, 6.45) is 0.928. The van der Waals surface area contributed by atoms with Crippen molar-refractivity contribution in [2.75, 3.05) is 7.11 Å².